The second-order valence-electron chi connectivity index (χ2n) is 4.51. The van der Waals surface area contributed by atoms with Crippen molar-refractivity contribution in [2.45, 2.75) is 6.18 Å². The SMILES string of the molecule is COc1ccccc1NC(=O)N(CCO)CCOCC(F)(F)F. The van der Waals surface area contributed by atoms with Gasteiger partial charge in [-0.1, -0.05) is 12.1 Å². The van der Waals surface area contributed by atoms with E-state index in [0.717, 1.165) is 4.90 Å². The molecule has 2 N–H and O–H groups in total. The lowest BCUT2D eigenvalue weighted by Crippen LogP contribution is -2.39. The van der Waals surface area contributed by atoms with Gasteiger partial charge >= 0.3 is 12.2 Å². The van der Waals surface area contributed by atoms with E-state index >= 15 is 0 Å². The van der Waals surface area contributed by atoms with Crippen molar-refractivity contribution in [1.29, 1.82) is 0 Å². The van der Waals surface area contributed by atoms with E-state index in [4.69, 9.17) is 9.84 Å². The highest BCUT2D eigenvalue weighted by atomic mass is 19.4. The van der Waals surface area contributed by atoms with Crippen LogP contribution in [0.3, 0.4) is 0 Å². The van der Waals surface area contributed by atoms with Crippen LogP contribution in [0, 0.1) is 0 Å². The van der Waals surface area contributed by atoms with Crippen LogP contribution in [0.5, 0.6) is 5.75 Å². The first-order valence-corrected chi connectivity index (χ1v) is 6.81. The topological polar surface area (TPSA) is 71.0 Å². The van der Waals surface area contributed by atoms with E-state index in [9.17, 15) is 18.0 Å². The number of methoxy groups -OCH3 is 1. The van der Waals surface area contributed by atoms with Crippen molar-refractivity contribution in [2.24, 2.45) is 0 Å². The molecule has 1 aromatic rings. The Morgan fingerprint density at radius 1 is 1.30 bits per heavy atom. The van der Waals surface area contributed by atoms with E-state index in [-0.39, 0.29) is 26.3 Å². The summed E-state index contributed by atoms with van der Waals surface area (Å²) in [7, 11) is 1.45. The molecule has 0 aliphatic carbocycles. The maximum atomic E-state index is 12.1. The molecule has 0 fully saturated rings. The van der Waals surface area contributed by atoms with Crippen molar-refractivity contribution in [3.8, 4) is 5.75 Å². The number of aliphatic hydroxyl groups excluding tert-OH is 1. The van der Waals surface area contributed by atoms with Crippen molar-refractivity contribution in [3.05, 3.63) is 24.3 Å². The Kier molecular flexibility index (Phi) is 7.63. The van der Waals surface area contributed by atoms with Crippen LogP contribution >= 0.6 is 0 Å². The highest BCUT2D eigenvalue weighted by Crippen LogP contribution is 2.23. The Morgan fingerprint density at radius 2 is 2.00 bits per heavy atom. The number of anilines is 1. The minimum absolute atomic E-state index is 0.0314. The van der Waals surface area contributed by atoms with Gasteiger partial charge in [0.25, 0.3) is 0 Å². The fourth-order valence-corrected chi connectivity index (χ4v) is 1.74. The minimum atomic E-state index is -4.42. The summed E-state index contributed by atoms with van der Waals surface area (Å²) in [6.45, 7) is -2.11. The van der Waals surface area contributed by atoms with Crippen LogP contribution < -0.4 is 10.1 Å². The maximum absolute atomic E-state index is 12.1. The van der Waals surface area contributed by atoms with Crippen molar-refractivity contribution in [1.82, 2.24) is 4.90 Å². The third-order valence-corrected chi connectivity index (χ3v) is 2.78. The van der Waals surface area contributed by atoms with Gasteiger partial charge in [-0.15, -0.1) is 0 Å². The first-order valence-electron chi connectivity index (χ1n) is 6.81. The lowest BCUT2D eigenvalue weighted by Gasteiger charge is -2.23. The second-order valence-corrected chi connectivity index (χ2v) is 4.51. The number of amides is 2. The van der Waals surface area contributed by atoms with Crippen LogP contribution in [0.2, 0.25) is 0 Å². The molecular formula is C14H19F3N2O4. The Labute approximate surface area is 131 Å². The summed E-state index contributed by atoms with van der Waals surface area (Å²) >= 11 is 0. The van der Waals surface area contributed by atoms with Crippen LogP contribution in [0.15, 0.2) is 24.3 Å². The largest absolute Gasteiger partial charge is 0.495 e. The number of carbonyl (C=O) groups is 1. The van der Waals surface area contributed by atoms with Gasteiger partial charge in [-0.2, -0.15) is 13.2 Å². The first kappa shape index (κ1) is 19.0. The van der Waals surface area contributed by atoms with Gasteiger partial charge in [0.2, 0.25) is 0 Å². The molecule has 0 spiro atoms. The third kappa shape index (κ3) is 7.20. The second kappa shape index (κ2) is 9.21. The highest BCUT2D eigenvalue weighted by Gasteiger charge is 2.27. The standard InChI is InChI=1S/C14H19F3N2O4/c1-22-12-5-3-2-4-11(12)18-13(21)19(6-8-20)7-9-23-10-14(15,16)17/h2-5,20H,6-10H2,1H3,(H,18,21). The predicted octanol–water partition coefficient (Wildman–Crippen LogP) is 2.10. The molecule has 130 valence electrons. The molecular weight excluding hydrogens is 317 g/mol. The van der Waals surface area contributed by atoms with Crippen LogP contribution in [-0.4, -0.2) is 62.2 Å². The smallest absolute Gasteiger partial charge is 0.411 e. The van der Waals surface area contributed by atoms with Crippen LogP contribution in [0.25, 0.3) is 0 Å². The van der Waals surface area contributed by atoms with Crippen molar-refractivity contribution >= 4 is 11.7 Å². The molecule has 6 nitrogen and oxygen atoms in total. The predicted molar refractivity (Wildman–Crippen MR) is 77.5 cm³/mol. The molecule has 0 heterocycles. The fourth-order valence-electron chi connectivity index (χ4n) is 1.74. The monoisotopic (exact) mass is 336 g/mol. The van der Waals surface area contributed by atoms with Gasteiger partial charge in [0.1, 0.15) is 12.4 Å². The summed E-state index contributed by atoms with van der Waals surface area (Å²) in [6, 6.07) is 6.12. The molecule has 0 bridgehead atoms. The first-order chi connectivity index (χ1) is 10.9. The van der Waals surface area contributed by atoms with E-state index < -0.39 is 18.8 Å². The molecule has 9 heteroatoms. The van der Waals surface area contributed by atoms with Gasteiger partial charge in [0.05, 0.1) is 26.0 Å². The number of hydrogen-bond donors (Lipinski definition) is 2. The van der Waals surface area contributed by atoms with Gasteiger partial charge in [0, 0.05) is 13.1 Å². The minimum Gasteiger partial charge on any atom is -0.495 e. The molecule has 0 saturated carbocycles. The molecule has 1 aromatic carbocycles. The van der Waals surface area contributed by atoms with Crippen LogP contribution in [0.4, 0.5) is 23.7 Å². The summed E-state index contributed by atoms with van der Waals surface area (Å²) in [5.74, 6) is 0.443. The number of nitrogens with one attached hydrogen (secondary N) is 1. The number of rotatable bonds is 8. The van der Waals surface area contributed by atoms with Crippen LogP contribution in [0.1, 0.15) is 0 Å². The van der Waals surface area contributed by atoms with E-state index in [2.05, 4.69) is 10.1 Å². The van der Waals surface area contributed by atoms with Crippen molar-refractivity contribution in [3.63, 3.8) is 0 Å². The summed E-state index contributed by atoms with van der Waals surface area (Å²) in [6.07, 6.45) is -4.42. The number of alkyl halides is 3. The summed E-state index contributed by atoms with van der Waals surface area (Å²) < 4.78 is 45.5. The quantitative estimate of drug-likeness (QED) is 0.713. The maximum Gasteiger partial charge on any atom is 0.411 e. The molecule has 0 unspecified atom stereocenters. The van der Waals surface area contributed by atoms with E-state index in [1.807, 2.05) is 0 Å². The number of hydrogen-bond acceptors (Lipinski definition) is 4. The Morgan fingerprint density at radius 3 is 2.61 bits per heavy atom. The van der Waals surface area contributed by atoms with Gasteiger partial charge in [-0.25, -0.2) is 4.79 Å². The average Bonchev–Trinajstić information content (AvgIpc) is 2.49. The molecule has 0 aliphatic heterocycles. The third-order valence-electron chi connectivity index (χ3n) is 2.78. The number of urea groups is 1. The molecule has 1 rings (SSSR count). The van der Waals surface area contributed by atoms with Crippen molar-refractivity contribution in [2.75, 3.05) is 45.3 Å². The number of halogens is 3. The van der Waals surface area contributed by atoms with Crippen LogP contribution in [-0.2, 0) is 4.74 Å². The number of benzene rings is 1. The van der Waals surface area contributed by atoms with Gasteiger partial charge in [-0.05, 0) is 12.1 Å². The lowest BCUT2D eigenvalue weighted by atomic mass is 10.3. The van der Waals surface area contributed by atoms with E-state index in [1.165, 1.54) is 7.11 Å². The average molecular weight is 336 g/mol. The Balaban J connectivity index is 2.57. The molecule has 0 aromatic heterocycles. The Bertz CT molecular complexity index is 497. The van der Waals surface area contributed by atoms with Gasteiger partial charge < -0.3 is 24.8 Å². The zero-order valence-electron chi connectivity index (χ0n) is 12.6. The summed E-state index contributed by atoms with van der Waals surface area (Å²) in [4.78, 5) is 13.3. The zero-order chi connectivity index (χ0) is 17.3. The summed E-state index contributed by atoms with van der Waals surface area (Å²) in [5.41, 5.74) is 0.416. The highest BCUT2D eigenvalue weighted by molar-refractivity contribution is 5.91. The summed E-state index contributed by atoms with van der Waals surface area (Å²) in [5, 5.41) is 11.5. The number of aliphatic hydroxyl groups is 1. The fraction of sp³-hybridized carbons (Fsp3) is 0.500. The number of carbonyl (C=O) groups excluding carboxylic acids is 1. The molecule has 0 atom stereocenters. The lowest BCUT2D eigenvalue weighted by molar-refractivity contribution is -0.174. The number of ether oxygens (including phenoxy) is 2. The molecule has 23 heavy (non-hydrogen) atoms. The normalized spacial score (nSPS) is 11.2. The molecule has 0 aliphatic rings. The number of para-hydroxylation sites is 2. The zero-order valence-corrected chi connectivity index (χ0v) is 12.6. The molecule has 0 saturated heterocycles. The van der Waals surface area contributed by atoms with Crippen molar-refractivity contribution < 1.29 is 32.5 Å². The van der Waals surface area contributed by atoms with E-state index in [0.29, 0.717) is 11.4 Å². The molecule has 0 radical (unpaired) electrons. The number of nitrogens with zero attached hydrogens (tertiary/aromatic N) is 1. The van der Waals surface area contributed by atoms with Gasteiger partial charge in [-0.3, -0.25) is 0 Å². The van der Waals surface area contributed by atoms with Gasteiger partial charge in [0.15, 0.2) is 0 Å². The molecule has 2 amide bonds. The Hall–Kier alpha value is -2.00. The van der Waals surface area contributed by atoms with E-state index in [1.54, 1.807) is 24.3 Å².